The van der Waals surface area contributed by atoms with Crippen LogP contribution < -0.4 is 4.72 Å². The first-order valence-corrected chi connectivity index (χ1v) is 11.6. The van der Waals surface area contributed by atoms with Gasteiger partial charge in [-0.15, -0.1) is 0 Å². The van der Waals surface area contributed by atoms with Crippen molar-refractivity contribution in [1.29, 1.82) is 0 Å². The summed E-state index contributed by atoms with van der Waals surface area (Å²) in [4.78, 5) is 15.5. The van der Waals surface area contributed by atoms with Crippen LogP contribution in [0.4, 0.5) is 0 Å². The minimum Gasteiger partial charge on any atom is -0.340 e. The van der Waals surface area contributed by atoms with Crippen LogP contribution in [-0.2, 0) is 20.2 Å². The maximum Gasteiger partial charge on any atom is 0.233 e. The highest BCUT2D eigenvalue weighted by molar-refractivity contribution is 7.88. The molecule has 1 aromatic carbocycles. The summed E-state index contributed by atoms with van der Waals surface area (Å²) in [5, 5.41) is 0.649. The molecule has 7 heteroatoms. The lowest BCUT2D eigenvalue weighted by Gasteiger charge is -2.43. The molecule has 144 valence electrons. The fourth-order valence-electron chi connectivity index (χ4n) is 4.43. The van der Waals surface area contributed by atoms with Crippen LogP contribution in [0.1, 0.15) is 50.5 Å². The van der Waals surface area contributed by atoms with E-state index in [1.54, 1.807) is 0 Å². The number of rotatable bonds is 4. The maximum atomic E-state index is 13.6. The second-order valence-electron chi connectivity index (χ2n) is 7.63. The number of amides is 1. The number of hydrogen-bond donors (Lipinski definition) is 1. The summed E-state index contributed by atoms with van der Waals surface area (Å²) in [7, 11) is -3.28. The van der Waals surface area contributed by atoms with Gasteiger partial charge in [-0.1, -0.05) is 43.0 Å². The molecule has 3 rings (SSSR count). The summed E-state index contributed by atoms with van der Waals surface area (Å²) in [6, 6.07) is 7.46. The minimum atomic E-state index is -3.28. The number of benzene rings is 1. The van der Waals surface area contributed by atoms with Crippen LogP contribution in [0, 0.1) is 0 Å². The fraction of sp³-hybridized carbons (Fsp3) is 0.632. The number of hydrogen-bond acceptors (Lipinski definition) is 3. The van der Waals surface area contributed by atoms with Gasteiger partial charge in [0.25, 0.3) is 0 Å². The zero-order chi connectivity index (χ0) is 18.8. The number of carbonyl (C=O) groups excluding carboxylic acids is 1. The van der Waals surface area contributed by atoms with E-state index in [0.717, 1.165) is 50.5 Å². The van der Waals surface area contributed by atoms with Gasteiger partial charge in [-0.3, -0.25) is 4.79 Å². The Balaban J connectivity index is 1.86. The molecule has 0 bridgehead atoms. The molecule has 5 nitrogen and oxygen atoms in total. The SMILES string of the molecule is CS(=O)(=O)NC1CCCN(C(=O)C2(c3cccc(Cl)c3)CCCCC2)C1. The number of nitrogens with one attached hydrogen (secondary N) is 1. The zero-order valence-electron chi connectivity index (χ0n) is 15.2. The van der Waals surface area contributed by atoms with Gasteiger partial charge in [0.2, 0.25) is 15.9 Å². The lowest BCUT2D eigenvalue weighted by molar-refractivity contribution is -0.140. The van der Waals surface area contributed by atoms with Crippen molar-refractivity contribution in [2.45, 2.75) is 56.4 Å². The van der Waals surface area contributed by atoms with Crippen molar-refractivity contribution in [3.05, 3.63) is 34.9 Å². The maximum absolute atomic E-state index is 13.6. The average Bonchev–Trinajstić information content (AvgIpc) is 2.60. The van der Waals surface area contributed by atoms with Crippen molar-refractivity contribution in [2.75, 3.05) is 19.3 Å². The van der Waals surface area contributed by atoms with Crippen LogP contribution in [0.2, 0.25) is 5.02 Å². The first-order valence-electron chi connectivity index (χ1n) is 9.33. The molecule has 0 spiro atoms. The number of piperidine rings is 1. The van der Waals surface area contributed by atoms with Crippen molar-refractivity contribution >= 4 is 27.5 Å². The van der Waals surface area contributed by atoms with E-state index in [1.807, 2.05) is 29.2 Å². The van der Waals surface area contributed by atoms with Crippen LogP contribution in [-0.4, -0.2) is 44.6 Å². The highest BCUT2D eigenvalue weighted by Crippen LogP contribution is 2.42. The third-order valence-corrected chi connectivity index (χ3v) is 6.58. The molecule has 1 unspecified atom stereocenters. The van der Waals surface area contributed by atoms with Gasteiger partial charge >= 0.3 is 0 Å². The van der Waals surface area contributed by atoms with Crippen LogP contribution in [0.25, 0.3) is 0 Å². The number of nitrogens with zero attached hydrogens (tertiary/aromatic N) is 1. The van der Waals surface area contributed by atoms with Gasteiger partial charge < -0.3 is 4.90 Å². The van der Waals surface area contributed by atoms with Gasteiger partial charge in [-0.25, -0.2) is 13.1 Å². The summed E-state index contributed by atoms with van der Waals surface area (Å²) in [5.41, 5.74) is 0.462. The van der Waals surface area contributed by atoms with Crippen molar-refractivity contribution in [1.82, 2.24) is 9.62 Å². The molecule has 1 atom stereocenters. The molecule has 0 radical (unpaired) electrons. The molecule has 1 saturated carbocycles. The summed E-state index contributed by atoms with van der Waals surface area (Å²) >= 11 is 6.21. The van der Waals surface area contributed by atoms with Crippen molar-refractivity contribution in [2.24, 2.45) is 0 Å². The van der Waals surface area contributed by atoms with Gasteiger partial charge in [0.05, 0.1) is 11.7 Å². The standard InChI is InChI=1S/C19H27ClN2O3S/c1-26(24,25)21-17-9-6-12-22(14-17)18(23)19(10-3-2-4-11-19)15-7-5-8-16(20)13-15/h5,7-8,13,17,21H,2-4,6,9-12,14H2,1H3. The molecular weight excluding hydrogens is 372 g/mol. The van der Waals surface area contributed by atoms with Gasteiger partial charge in [0.1, 0.15) is 0 Å². The number of carbonyl (C=O) groups is 1. The predicted molar refractivity (Wildman–Crippen MR) is 104 cm³/mol. The van der Waals surface area contributed by atoms with Gasteiger partial charge in [0.15, 0.2) is 0 Å². The Bertz CT molecular complexity index is 760. The molecule has 26 heavy (non-hydrogen) atoms. The fourth-order valence-corrected chi connectivity index (χ4v) is 5.42. The normalized spacial score (nSPS) is 23.6. The van der Waals surface area contributed by atoms with E-state index in [4.69, 9.17) is 11.6 Å². The predicted octanol–water partition coefficient (Wildman–Crippen LogP) is 3.08. The molecule has 1 heterocycles. The Morgan fingerprint density at radius 1 is 1.23 bits per heavy atom. The molecule has 0 aromatic heterocycles. The third kappa shape index (κ3) is 4.41. The Hall–Kier alpha value is -1.11. The summed E-state index contributed by atoms with van der Waals surface area (Å²) in [5.74, 6) is 0.125. The third-order valence-electron chi connectivity index (χ3n) is 5.58. The summed E-state index contributed by atoms with van der Waals surface area (Å²) < 4.78 is 25.8. The topological polar surface area (TPSA) is 66.5 Å². The van der Waals surface area contributed by atoms with E-state index >= 15 is 0 Å². The first kappa shape index (κ1) is 19.6. The van der Waals surface area contributed by atoms with Gasteiger partial charge in [-0.05, 0) is 43.4 Å². The number of likely N-dealkylation sites (tertiary alicyclic amines) is 1. The molecule has 1 aliphatic carbocycles. The van der Waals surface area contributed by atoms with Crippen LogP contribution >= 0.6 is 11.6 Å². The molecule has 2 aliphatic rings. The first-order chi connectivity index (χ1) is 12.3. The largest absolute Gasteiger partial charge is 0.340 e. The average molecular weight is 399 g/mol. The molecule has 1 amide bonds. The second-order valence-corrected chi connectivity index (χ2v) is 9.85. The lowest BCUT2D eigenvalue weighted by Crippen LogP contribution is -2.55. The quantitative estimate of drug-likeness (QED) is 0.847. The van der Waals surface area contributed by atoms with Crippen molar-refractivity contribution < 1.29 is 13.2 Å². The van der Waals surface area contributed by atoms with Crippen LogP contribution in [0.5, 0.6) is 0 Å². The molecule has 1 aromatic rings. The molecule has 1 N–H and O–H groups in total. The van der Waals surface area contributed by atoms with E-state index in [-0.39, 0.29) is 11.9 Å². The summed E-state index contributed by atoms with van der Waals surface area (Å²) in [6.07, 6.45) is 7.59. The van der Waals surface area contributed by atoms with Crippen molar-refractivity contribution in [3.63, 3.8) is 0 Å². The van der Waals surface area contributed by atoms with Crippen molar-refractivity contribution in [3.8, 4) is 0 Å². The zero-order valence-corrected chi connectivity index (χ0v) is 16.8. The van der Waals surface area contributed by atoms with Crippen LogP contribution in [0.15, 0.2) is 24.3 Å². The number of sulfonamides is 1. The Morgan fingerprint density at radius 2 is 1.96 bits per heavy atom. The van der Waals surface area contributed by atoms with E-state index in [2.05, 4.69) is 4.72 Å². The highest BCUT2D eigenvalue weighted by Gasteiger charge is 2.44. The second kappa shape index (κ2) is 7.87. The highest BCUT2D eigenvalue weighted by atomic mass is 35.5. The van der Waals surface area contributed by atoms with E-state index in [1.165, 1.54) is 6.26 Å². The number of halogens is 1. The Morgan fingerprint density at radius 3 is 2.62 bits per heavy atom. The molecule has 1 aliphatic heterocycles. The smallest absolute Gasteiger partial charge is 0.233 e. The van der Waals surface area contributed by atoms with Crippen LogP contribution in [0.3, 0.4) is 0 Å². The van der Waals surface area contributed by atoms with E-state index in [9.17, 15) is 13.2 Å². The Kier molecular flexibility index (Phi) is 5.94. The molecule has 2 fully saturated rings. The van der Waals surface area contributed by atoms with Gasteiger partial charge in [-0.2, -0.15) is 0 Å². The summed E-state index contributed by atoms with van der Waals surface area (Å²) in [6.45, 7) is 1.12. The van der Waals surface area contributed by atoms with E-state index in [0.29, 0.717) is 18.1 Å². The lowest BCUT2D eigenvalue weighted by atomic mass is 9.68. The molecular formula is C19H27ClN2O3S. The van der Waals surface area contributed by atoms with E-state index < -0.39 is 15.4 Å². The minimum absolute atomic E-state index is 0.125. The van der Waals surface area contributed by atoms with Gasteiger partial charge in [0, 0.05) is 24.2 Å². The Labute approximate surface area is 161 Å². The molecule has 1 saturated heterocycles. The monoisotopic (exact) mass is 398 g/mol.